The van der Waals surface area contributed by atoms with Crippen LogP contribution in [0.1, 0.15) is 5.69 Å². The van der Waals surface area contributed by atoms with E-state index in [2.05, 4.69) is 19.8 Å². The van der Waals surface area contributed by atoms with E-state index in [0.717, 1.165) is 36.9 Å². The monoisotopic (exact) mass is 347 g/mol. The average Bonchev–Trinajstić information content (AvgIpc) is 2.62. The highest BCUT2D eigenvalue weighted by Gasteiger charge is 2.18. The lowest BCUT2D eigenvalue weighted by Gasteiger charge is -2.36. The molecular formula is C17H19ClFN5. The number of rotatable bonds is 3. The Morgan fingerprint density at radius 3 is 2.46 bits per heavy atom. The molecule has 0 radical (unpaired) electrons. The number of pyridine rings is 1. The number of hydrogen-bond donors (Lipinski definition) is 1. The van der Waals surface area contributed by atoms with Crippen LogP contribution in [-0.4, -0.2) is 42.0 Å². The van der Waals surface area contributed by atoms with Crippen molar-refractivity contribution in [1.29, 1.82) is 0 Å². The van der Waals surface area contributed by atoms with Crippen molar-refractivity contribution in [3.8, 4) is 0 Å². The van der Waals surface area contributed by atoms with Gasteiger partial charge in [-0.25, -0.2) is 9.38 Å². The van der Waals surface area contributed by atoms with Gasteiger partial charge in [0.05, 0.1) is 18.4 Å². The summed E-state index contributed by atoms with van der Waals surface area (Å²) in [5.41, 5.74) is 7.92. The number of hydrogen-bond acceptors (Lipinski definition) is 3. The van der Waals surface area contributed by atoms with E-state index in [1.54, 1.807) is 6.07 Å². The second-order valence-corrected chi connectivity index (χ2v) is 6.03. The largest absolute Gasteiger partial charge is 0.370 e. The zero-order valence-corrected chi connectivity index (χ0v) is 14.0. The van der Waals surface area contributed by atoms with Crippen LogP contribution in [-0.2, 0) is 6.54 Å². The van der Waals surface area contributed by atoms with Gasteiger partial charge >= 0.3 is 0 Å². The van der Waals surface area contributed by atoms with Gasteiger partial charge in [-0.05, 0) is 36.4 Å². The van der Waals surface area contributed by atoms with Gasteiger partial charge in [0.2, 0.25) is 0 Å². The molecule has 0 saturated carbocycles. The topological polar surface area (TPSA) is 57.8 Å². The van der Waals surface area contributed by atoms with Crippen LogP contribution in [0.4, 0.5) is 10.1 Å². The summed E-state index contributed by atoms with van der Waals surface area (Å²) in [7, 11) is 0. The third-order valence-electron chi connectivity index (χ3n) is 3.99. The zero-order chi connectivity index (χ0) is 16.9. The van der Waals surface area contributed by atoms with Gasteiger partial charge in [-0.15, -0.1) is 0 Å². The van der Waals surface area contributed by atoms with Gasteiger partial charge in [-0.3, -0.25) is 4.98 Å². The maximum absolute atomic E-state index is 12.8. The molecule has 0 bridgehead atoms. The second-order valence-electron chi connectivity index (χ2n) is 5.59. The number of halogens is 2. The molecule has 1 fully saturated rings. The van der Waals surface area contributed by atoms with Crippen molar-refractivity contribution in [3.63, 3.8) is 0 Å². The molecule has 7 heteroatoms. The number of piperazine rings is 1. The predicted octanol–water partition coefficient (Wildman–Crippen LogP) is 2.51. The van der Waals surface area contributed by atoms with Crippen molar-refractivity contribution >= 4 is 23.2 Å². The molecule has 1 aliphatic heterocycles. The number of guanidine groups is 1. The van der Waals surface area contributed by atoms with Crippen molar-refractivity contribution in [3.05, 3.63) is 59.1 Å². The first-order valence-electron chi connectivity index (χ1n) is 7.77. The minimum Gasteiger partial charge on any atom is -0.370 e. The average molecular weight is 348 g/mol. The van der Waals surface area contributed by atoms with Crippen molar-refractivity contribution in [1.82, 2.24) is 9.88 Å². The molecule has 3 rings (SSSR count). The number of nitrogens with zero attached hydrogens (tertiary/aromatic N) is 4. The number of anilines is 1. The fourth-order valence-corrected chi connectivity index (χ4v) is 2.73. The highest BCUT2D eigenvalue weighted by molar-refractivity contribution is 6.30. The smallest absolute Gasteiger partial charge is 0.191 e. The number of nitrogens with two attached hydrogens (primary N) is 1. The first kappa shape index (κ1) is 16.5. The summed E-state index contributed by atoms with van der Waals surface area (Å²) >= 11 is 5.92. The van der Waals surface area contributed by atoms with Crippen molar-refractivity contribution < 1.29 is 4.39 Å². The summed E-state index contributed by atoms with van der Waals surface area (Å²) in [6.45, 7) is 3.69. The third kappa shape index (κ3) is 4.14. The summed E-state index contributed by atoms with van der Waals surface area (Å²) in [5.74, 6) is 0.144. The van der Waals surface area contributed by atoms with Crippen LogP contribution in [0.2, 0.25) is 5.02 Å². The van der Waals surface area contributed by atoms with Crippen LogP contribution in [0.5, 0.6) is 0 Å². The molecule has 1 aromatic heterocycles. The Bertz CT molecular complexity index is 694. The van der Waals surface area contributed by atoms with E-state index in [-0.39, 0.29) is 5.82 Å². The third-order valence-corrected chi connectivity index (χ3v) is 4.24. The molecule has 2 N–H and O–H groups in total. The molecule has 2 heterocycles. The number of aliphatic imine (C=N–C) groups is 1. The normalized spacial score (nSPS) is 15.7. The van der Waals surface area contributed by atoms with Crippen molar-refractivity contribution in [2.75, 3.05) is 31.1 Å². The van der Waals surface area contributed by atoms with Gasteiger partial charge in [0, 0.05) is 36.9 Å². The molecule has 0 unspecified atom stereocenters. The standard InChI is InChI=1S/C17H19ClFN5/c18-13-1-5-16(6-2-13)23-7-9-24(10-8-23)17(20)22-12-15-4-3-14(19)11-21-15/h1-6,11H,7-10,12H2,(H2,20,22). The lowest BCUT2D eigenvalue weighted by Crippen LogP contribution is -2.51. The zero-order valence-electron chi connectivity index (χ0n) is 13.2. The fraction of sp³-hybridized carbons (Fsp3) is 0.294. The molecule has 1 saturated heterocycles. The fourth-order valence-electron chi connectivity index (χ4n) is 2.61. The molecule has 0 atom stereocenters. The summed E-state index contributed by atoms with van der Waals surface area (Å²) < 4.78 is 12.8. The molecule has 126 valence electrons. The molecule has 24 heavy (non-hydrogen) atoms. The van der Waals surface area contributed by atoms with Crippen LogP contribution >= 0.6 is 11.6 Å². The molecule has 1 aromatic carbocycles. The highest BCUT2D eigenvalue weighted by atomic mass is 35.5. The Balaban J connectivity index is 1.54. The SMILES string of the molecule is NC(=NCc1ccc(F)cn1)N1CCN(c2ccc(Cl)cc2)CC1. The van der Waals surface area contributed by atoms with Crippen LogP contribution in [0.25, 0.3) is 0 Å². The molecule has 5 nitrogen and oxygen atoms in total. The Morgan fingerprint density at radius 2 is 1.83 bits per heavy atom. The van der Waals surface area contributed by atoms with Gasteiger partial charge in [0.1, 0.15) is 5.82 Å². The molecule has 0 amide bonds. The van der Waals surface area contributed by atoms with E-state index < -0.39 is 0 Å². The Hall–Kier alpha value is -2.34. The van der Waals surface area contributed by atoms with Gasteiger partial charge in [0.25, 0.3) is 0 Å². The van der Waals surface area contributed by atoms with E-state index >= 15 is 0 Å². The molecule has 0 spiro atoms. The lowest BCUT2D eigenvalue weighted by molar-refractivity contribution is 0.380. The Morgan fingerprint density at radius 1 is 1.12 bits per heavy atom. The predicted molar refractivity (Wildman–Crippen MR) is 94.8 cm³/mol. The van der Waals surface area contributed by atoms with Gasteiger partial charge in [0.15, 0.2) is 5.96 Å². The quantitative estimate of drug-likeness (QED) is 0.684. The first-order chi connectivity index (χ1) is 11.6. The lowest BCUT2D eigenvalue weighted by atomic mass is 10.2. The minimum atomic E-state index is -0.353. The first-order valence-corrected chi connectivity index (χ1v) is 8.15. The number of aromatic nitrogens is 1. The highest BCUT2D eigenvalue weighted by Crippen LogP contribution is 2.19. The van der Waals surface area contributed by atoms with E-state index in [9.17, 15) is 4.39 Å². The van der Waals surface area contributed by atoms with E-state index in [1.165, 1.54) is 12.3 Å². The van der Waals surface area contributed by atoms with E-state index in [4.69, 9.17) is 17.3 Å². The van der Waals surface area contributed by atoms with E-state index in [0.29, 0.717) is 18.2 Å². The maximum atomic E-state index is 12.8. The van der Waals surface area contributed by atoms with Gasteiger partial charge in [-0.2, -0.15) is 0 Å². The number of benzene rings is 1. The van der Waals surface area contributed by atoms with Crippen LogP contribution in [0.15, 0.2) is 47.6 Å². The molecule has 2 aromatic rings. The summed E-state index contributed by atoms with van der Waals surface area (Å²) in [4.78, 5) is 12.7. The molecule has 1 aliphatic rings. The summed E-state index contributed by atoms with van der Waals surface area (Å²) in [6.07, 6.45) is 1.19. The van der Waals surface area contributed by atoms with Crippen LogP contribution in [0, 0.1) is 5.82 Å². The Labute approximate surface area is 145 Å². The second kappa shape index (κ2) is 7.49. The van der Waals surface area contributed by atoms with Gasteiger partial charge in [-0.1, -0.05) is 11.6 Å². The maximum Gasteiger partial charge on any atom is 0.191 e. The summed E-state index contributed by atoms with van der Waals surface area (Å²) in [6, 6.07) is 10.8. The minimum absolute atomic E-state index is 0.351. The van der Waals surface area contributed by atoms with Gasteiger partial charge < -0.3 is 15.5 Å². The Kier molecular flexibility index (Phi) is 5.15. The molecular weight excluding hydrogens is 329 g/mol. The summed E-state index contributed by atoms with van der Waals surface area (Å²) in [5, 5.41) is 0.739. The van der Waals surface area contributed by atoms with Crippen LogP contribution in [0.3, 0.4) is 0 Å². The van der Waals surface area contributed by atoms with E-state index in [1.807, 2.05) is 24.3 Å². The van der Waals surface area contributed by atoms with Crippen molar-refractivity contribution in [2.45, 2.75) is 6.54 Å². The van der Waals surface area contributed by atoms with Crippen molar-refractivity contribution in [2.24, 2.45) is 10.7 Å². The molecule has 0 aliphatic carbocycles. The van der Waals surface area contributed by atoms with Crippen LogP contribution < -0.4 is 10.6 Å².